The van der Waals surface area contributed by atoms with Crippen LogP contribution in [0.1, 0.15) is 52.2 Å². The van der Waals surface area contributed by atoms with Crippen LogP contribution in [0.3, 0.4) is 0 Å². The number of para-hydroxylation sites is 2. The minimum atomic E-state index is 0.624. The highest BCUT2D eigenvalue weighted by Gasteiger charge is 2.25. The SMILES string of the molecule is CC1CN(Cc2cnc[nH]2)c2ccccc21.Cc1ccc2c(c1)N(Cc1cnc[nH]1)CC2.Clc1cccc2c1N(Cc1cnc[nH]1)CC2. The number of rotatable bonds is 6. The van der Waals surface area contributed by atoms with E-state index in [9.17, 15) is 0 Å². The van der Waals surface area contributed by atoms with Crippen molar-refractivity contribution in [3.63, 3.8) is 0 Å². The number of hydrogen-bond donors (Lipinski definition) is 3. The molecular weight excluding hydrogens is 618 g/mol. The molecule has 246 valence electrons. The maximum absolute atomic E-state index is 6.24. The Morgan fingerprint density at radius 3 is 2.00 bits per heavy atom. The van der Waals surface area contributed by atoms with Crippen LogP contribution in [0, 0.1) is 6.92 Å². The van der Waals surface area contributed by atoms with Crippen molar-refractivity contribution in [3.05, 3.63) is 143 Å². The minimum absolute atomic E-state index is 0.624. The molecule has 6 heterocycles. The summed E-state index contributed by atoms with van der Waals surface area (Å²) in [6.45, 7) is 10.3. The maximum Gasteiger partial charge on any atom is 0.0922 e. The lowest BCUT2D eigenvalue weighted by Gasteiger charge is -2.19. The molecule has 1 atom stereocenters. The van der Waals surface area contributed by atoms with Gasteiger partial charge in [0.15, 0.2) is 0 Å². The van der Waals surface area contributed by atoms with Crippen LogP contribution in [-0.4, -0.2) is 49.5 Å². The van der Waals surface area contributed by atoms with E-state index in [2.05, 4.69) is 107 Å². The number of halogens is 1. The first-order valence-corrected chi connectivity index (χ1v) is 17.0. The molecule has 0 amide bonds. The molecule has 6 aromatic rings. The van der Waals surface area contributed by atoms with Crippen LogP contribution in [0.25, 0.3) is 0 Å². The van der Waals surface area contributed by atoms with E-state index in [0.29, 0.717) is 5.92 Å². The lowest BCUT2D eigenvalue weighted by atomic mass is 10.0. The molecule has 0 fully saturated rings. The third-order valence-corrected chi connectivity index (χ3v) is 9.63. The summed E-state index contributed by atoms with van der Waals surface area (Å²) in [5.41, 5.74) is 13.0. The smallest absolute Gasteiger partial charge is 0.0922 e. The van der Waals surface area contributed by atoms with E-state index in [-0.39, 0.29) is 0 Å². The summed E-state index contributed by atoms with van der Waals surface area (Å²) in [6.07, 6.45) is 13.1. The summed E-state index contributed by atoms with van der Waals surface area (Å²) in [4.78, 5) is 28.7. The average Bonchev–Trinajstić information content (AvgIpc) is 3.95. The second-order valence-electron chi connectivity index (χ2n) is 12.8. The number of aromatic nitrogens is 6. The second-order valence-corrected chi connectivity index (χ2v) is 13.2. The Morgan fingerprint density at radius 2 is 1.31 bits per heavy atom. The Kier molecular flexibility index (Phi) is 9.47. The number of H-pyrrole nitrogens is 3. The van der Waals surface area contributed by atoms with Crippen molar-refractivity contribution in [3.8, 4) is 0 Å². The second kappa shape index (κ2) is 14.4. The summed E-state index contributed by atoms with van der Waals surface area (Å²) in [5, 5.41) is 0.842. The predicted molar refractivity (Wildman–Crippen MR) is 194 cm³/mol. The van der Waals surface area contributed by atoms with Crippen LogP contribution in [-0.2, 0) is 32.5 Å². The highest BCUT2D eigenvalue weighted by atomic mass is 35.5. The quantitative estimate of drug-likeness (QED) is 0.172. The number of nitrogens with zero attached hydrogens (tertiary/aromatic N) is 6. The molecule has 3 aliphatic rings. The molecule has 3 aromatic carbocycles. The van der Waals surface area contributed by atoms with Crippen LogP contribution < -0.4 is 14.7 Å². The third-order valence-electron chi connectivity index (χ3n) is 9.32. The van der Waals surface area contributed by atoms with Crippen molar-refractivity contribution < 1.29 is 0 Å². The van der Waals surface area contributed by atoms with Crippen molar-refractivity contribution in [2.75, 3.05) is 34.3 Å². The van der Waals surface area contributed by atoms with Gasteiger partial charge in [-0.3, -0.25) is 0 Å². The Labute approximate surface area is 287 Å². The summed E-state index contributed by atoms with van der Waals surface area (Å²) in [5.74, 6) is 0.624. The topological polar surface area (TPSA) is 95.8 Å². The number of aromatic amines is 3. The molecule has 0 radical (unpaired) electrons. The normalized spacial score (nSPS) is 15.7. The molecule has 3 aromatic heterocycles. The number of aryl methyl sites for hydroxylation is 1. The molecule has 3 N–H and O–H groups in total. The first-order valence-electron chi connectivity index (χ1n) is 16.6. The van der Waals surface area contributed by atoms with E-state index in [0.717, 1.165) is 62.8 Å². The molecule has 48 heavy (non-hydrogen) atoms. The van der Waals surface area contributed by atoms with Crippen molar-refractivity contribution in [1.29, 1.82) is 0 Å². The van der Waals surface area contributed by atoms with Gasteiger partial charge in [-0.05, 0) is 60.2 Å². The van der Waals surface area contributed by atoms with Crippen molar-refractivity contribution >= 4 is 28.7 Å². The molecule has 9 rings (SSSR count). The standard InChI is InChI=1S/2C13H15N3.C12H12ClN3/c1-10-2-3-11-4-5-16(13(11)6-10)8-12-7-14-9-15-12;1-10-7-16(8-11-6-14-9-15-11)13-5-3-2-4-12(10)13;13-11-3-1-2-9-4-5-16(12(9)11)7-10-6-14-8-15-10/h2-3,6-7,9H,4-5,8H2,1H3,(H,14,15);2-6,9-10H,7-8H2,1H3,(H,14,15);1-3,6,8H,4-5,7H2,(H,14,15). The van der Waals surface area contributed by atoms with E-state index in [4.69, 9.17) is 11.6 Å². The van der Waals surface area contributed by atoms with Crippen molar-refractivity contribution in [2.45, 2.75) is 52.2 Å². The zero-order valence-corrected chi connectivity index (χ0v) is 28.3. The number of anilines is 3. The summed E-state index contributed by atoms with van der Waals surface area (Å²) in [6, 6.07) is 21.5. The lowest BCUT2D eigenvalue weighted by Crippen LogP contribution is -2.20. The van der Waals surface area contributed by atoms with Crippen LogP contribution in [0.2, 0.25) is 5.02 Å². The predicted octanol–water partition coefficient (Wildman–Crippen LogP) is 7.44. The maximum atomic E-state index is 6.24. The van der Waals surface area contributed by atoms with Crippen LogP contribution in [0.4, 0.5) is 17.1 Å². The van der Waals surface area contributed by atoms with Gasteiger partial charge in [0.1, 0.15) is 0 Å². The molecule has 0 aliphatic carbocycles. The number of nitrogens with one attached hydrogen (secondary N) is 3. The highest BCUT2D eigenvalue weighted by Crippen LogP contribution is 2.37. The van der Waals surface area contributed by atoms with Gasteiger partial charge in [-0.1, -0.05) is 61.0 Å². The van der Waals surface area contributed by atoms with Crippen LogP contribution in [0.5, 0.6) is 0 Å². The molecule has 1 unspecified atom stereocenters. The van der Waals surface area contributed by atoms with Crippen LogP contribution in [0.15, 0.2) is 98.2 Å². The van der Waals surface area contributed by atoms with Gasteiger partial charge in [0.25, 0.3) is 0 Å². The number of benzene rings is 3. The Hall–Kier alpha value is -5.02. The third kappa shape index (κ3) is 7.11. The molecule has 3 aliphatic heterocycles. The Bertz CT molecular complexity index is 1900. The van der Waals surface area contributed by atoms with Gasteiger partial charge in [-0.2, -0.15) is 0 Å². The van der Waals surface area contributed by atoms with Crippen molar-refractivity contribution in [1.82, 2.24) is 29.9 Å². The molecule has 0 saturated heterocycles. The van der Waals surface area contributed by atoms with Gasteiger partial charge in [0, 0.05) is 55.5 Å². The van der Waals surface area contributed by atoms with E-state index in [1.807, 2.05) is 30.7 Å². The minimum Gasteiger partial charge on any atom is -0.365 e. The molecular formula is C38H42ClN9. The Morgan fingerprint density at radius 1 is 0.688 bits per heavy atom. The van der Waals surface area contributed by atoms with E-state index in [1.165, 1.54) is 50.7 Å². The number of fused-ring (bicyclic) bond motifs is 3. The molecule has 9 nitrogen and oxygen atoms in total. The first kappa shape index (κ1) is 31.6. The lowest BCUT2D eigenvalue weighted by molar-refractivity contribution is 0.739. The zero-order valence-electron chi connectivity index (χ0n) is 27.5. The van der Waals surface area contributed by atoms with E-state index in [1.54, 1.807) is 19.0 Å². The Balaban J connectivity index is 0.000000114. The largest absolute Gasteiger partial charge is 0.365 e. The highest BCUT2D eigenvalue weighted by molar-refractivity contribution is 6.33. The summed E-state index contributed by atoms with van der Waals surface area (Å²) >= 11 is 6.24. The average molecular weight is 660 g/mol. The number of hydrogen-bond acceptors (Lipinski definition) is 6. The molecule has 10 heteroatoms. The van der Waals surface area contributed by atoms with Gasteiger partial charge in [-0.25, -0.2) is 15.0 Å². The molecule has 0 spiro atoms. The monoisotopic (exact) mass is 659 g/mol. The van der Waals surface area contributed by atoms with Gasteiger partial charge in [0.05, 0.1) is 66.4 Å². The van der Waals surface area contributed by atoms with E-state index >= 15 is 0 Å². The fourth-order valence-corrected chi connectivity index (χ4v) is 7.27. The zero-order chi connectivity index (χ0) is 32.9. The summed E-state index contributed by atoms with van der Waals surface area (Å²) in [7, 11) is 0. The van der Waals surface area contributed by atoms with Gasteiger partial charge < -0.3 is 29.7 Å². The van der Waals surface area contributed by atoms with Crippen LogP contribution >= 0.6 is 11.6 Å². The first-order chi connectivity index (χ1) is 23.5. The fourth-order valence-electron chi connectivity index (χ4n) is 6.96. The molecule has 0 saturated carbocycles. The van der Waals surface area contributed by atoms with Gasteiger partial charge >= 0.3 is 0 Å². The molecule has 0 bridgehead atoms. The van der Waals surface area contributed by atoms with E-state index < -0.39 is 0 Å². The fraction of sp³-hybridized carbons (Fsp3) is 0.289. The number of imidazole rings is 3. The van der Waals surface area contributed by atoms with Gasteiger partial charge in [-0.15, -0.1) is 0 Å². The van der Waals surface area contributed by atoms with Crippen molar-refractivity contribution in [2.24, 2.45) is 0 Å². The summed E-state index contributed by atoms with van der Waals surface area (Å²) < 4.78 is 0. The van der Waals surface area contributed by atoms with Gasteiger partial charge in [0.2, 0.25) is 0 Å².